The monoisotopic (exact) mass is 429 g/mol. The summed E-state index contributed by atoms with van der Waals surface area (Å²) in [4.78, 5) is 17.4. The Morgan fingerprint density at radius 1 is 1.11 bits per heavy atom. The van der Waals surface area contributed by atoms with Gasteiger partial charge in [0, 0.05) is 36.8 Å². The first kappa shape index (κ1) is 20.7. The second-order valence-electron chi connectivity index (χ2n) is 6.27. The number of thioether (sulfide) groups is 1. The minimum atomic E-state index is -4.58. The van der Waals surface area contributed by atoms with Crippen LogP contribution in [-0.2, 0) is 6.18 Å². The number of para-hydroxylation sites is 1. The van der Waals surface area contributed by atoms with Crippen LogP contribution in [0.4, 0.5) is 29.3 Å². The van der Waals surface area contributed by atoms with E-state index in [0.717, 1.165) is 17.8 Å². The molecule has 0 bridgehead atoms. The molecule has 0 aliphatic carbocycles. The lowest BCUT2D eigenvalue weighted by Gasteiger charge is -2.36. The third-order valence-corrected chi connectivity index (χ3v) is 5.63. The Hall–Kier alpha value is -2.06. The molecule has 28 heavy (non-hydrogen) atoms. The van der Waals surface area contributed by atoms with Crippen LogP contribution in [0.25, 0.3) is 0 Å². The number of piperazine rings is 1. The molecule has 9 heteroatoms. The topological polar surface area (TPSA) is 35.6 Å². The minimum Gasteiger partial charge on any atom is -0.367 e. The van der Waals surface area contributed by atoms with Crippen LogP contribution in [0.5, 0.6) is 0 Å². The number of alkyl halides is 3. The first-order valence-corrected chi connectivity index (χ1v) is 10.2. The van der Waals surface area contributed by atoms with E-state index >= 15 is 0 Å². The highest BCUT2D eigenvalue weighted by Gasteiger charge is 2.33. The van der Waals surface area contributed by atoms with Gasteiger partial charge < -0.3 is 15.1 Å². The fraction of sp³-hybridized carbons (Fsp3) is 0.316. The zero-order chi connectivity index (χ0) is 20.3. The van der Waals surface area contributed by atoms with E-state index in [0.29, 0.717) is 26.2 Å². The summed E-state index contributed by atoms with van der Waals surface area (Å²) in [6.07, 6.45) is -2.56. The number of anilines is 2. The van der Waals surface area contributed by atoms with Gasteiger partial charge in [-0.2, -0.15) is 13.2 Å². The first-order valence-electron chi connectivity index (χ1n) is 8.60. The van der Waals surface area contributed by atoms with Gasteiger partial charge in [0.05, 0.1) is 16.3 Å². The van der Waals surface area contributed by atoms with Gasteiger partial charge in [0.2, 0.25) is 0 Å². The van der Waals surface area contributed by atoms with E-state index in [1.54, 1.807) is 16.7 Å². The molecule has 1 heterocycles. The number of rotatable bonds is 3. The van der Waals surface area contributed by atoms with E-state index in [2.05, 4.69) is 16.3 Å². The average molecular weight is 430 g/mol. The number of carbonyl (C=O) groups is 1. The van der Waals surface area contributed by atoms with Gasteiger partial charge >= 0.3 is 12.2 Å². The molecular formula is C19H19ClF3N3OS. The lowest BCUT2D eigenvalue weighted by Crippen LogP contribution is -2.50. The van der Waals surface area contributed by atoms with E-state index in [1.165, 1.54) is 11.0 Å². The van der Waals surface area contributed by atoms with Gasteiger partial charge in [0.25, 0.3) is 0 Å². The van der Waals surface area contributed by atoms with Gasteiger partial charge in [-0.15, -0.1) is 11.8 Å². The molecule has 1 aliphatic heterocycles. The standard InChI is InChI=1S/C19H19ClF3N3OS/c1-28-17-5-3-2-4-16(17)25-8-10-26(11-9-25)18(27)24-13-6-7-15(20)14(12-13)19(21,22)23/h2-7,12H,8-11H2,1H3,(H,24,27). The number of halogens is 4. The molecule has 1 saturated heterocycles. The van der Waals surface area contributed by atoms with Crippen LogP contribution < -0.4 is 10.2 Å². The van der Waals surface area contributed by atoms with Gasteiger partial charge in [0.1, 0.15) is 0 Å². The van der Waals surface area contributed by atoms with Gasteiger partial charge in [-0.3, -0.25) is 0 Å². The number of nitrogens with one attached hydrogen (secondary N) is 1. The Kier molecular flexibility index (Phi) is 6.30. The Balaban J connectivity index is 1.63. The Labute approximate surface area is 170 Å². The molecule has 2 amide bonds. The molecule has 1 N–H and O–H groups in total. The SMILES string of the molecule is CSc1ccccc1N1CCN(C(=O)Nc2ccc(Cl)c(C(F)(F)F)c2)CC1. The maximum absolute atomic E-state index is 13.0. The quantitative estimate of drug-likeness (QED) is 0.660. The molecule has 0 atom stereocenters. The van der Waals surface area contributed by atoms with Crippen LogP contribution in [0.3, 0.4) is 0 Å². The van der Waals surface area contributed by atoms with E-state index < -0.39 is 22.8 Å². The van der Waals surface area contributed by atoms with Gasteiger partial charge in [0.15, 0.2) is 0 Å². The zero-order valence-corrected chi connectivity index (χ0v) is 16.7. The maximum Gasteiger partial charge on any atom is 0.417 e. The summed E-state index contributed by atoms with van der Waals surface area (Å²) < 4.78 is 38.9. The normalized spacial score (nSPS) is 14.9. The number of hydrogen-bond donors (Lipinski definition) is 1. The molecule has 150 valence electrons. The number of carbonyl (C=O) groups excluding carboxylic acids is 1. The predicted molar refractivity (Wildman–Crippen MR) is 107 cm³/mol. The minimum absolute atomic E-state index is 0.0666. The van der Waals surface area contributed by atoms with Crippen LogP contribution in [0.1, 0.15) is 5.56 Å². The highest BCUT2D eigenvalue weighted by molar-refractivity contribution is 7.98. The largest absolute Gasteiger partial charge is 0.417 e. The third kappa shape index (κ3) is 4.67. The molecule has 3 rings (SSSR count). The van der Waals surface area contributed by atoms with E-state index in [-0.39, 0.29) is 5.69 Å². The summed E-state index contributed by atoms with van der Waals surface area (Å²) in [6, 6.07) is 11.0. The van der Waals surface area contributed by atoms with Gasteiger partial charge in [-0.1, -0.05) is 23.7 Å². The van der Waals surface area contributed by atoms with Crippen molar-refractivity contribution in [1.82, 2.24) is 4.90 Å². The zero-order valence-electron chi connectivity index (χ0n) is 15.1. The summed E-state index contributed by atoms with van der Waals surface area (Å²) in [6.45, 7) is 2.27. The van der Waals surface area contributed by atoms with E-state index in [4.69, 9.17) is 11.6 Å². The number of amides is 2. The number of hydrogen-bond acceptors (Lipinski definition) is 3. The summed E-state index contributed by atoms with van der Waals surface area (Å²) in [5.41, 5.74) is 0.227. The van der Waals surface area contributed by atoms with Crippen molar-refractivity contribution in [2.45, 2.75) is 11.1 Å². The van der Waals surface area contributed by atoms with Crippen molar-refractivity contribution in [2.75, 3.05) is 42.7 Å². The van der Waals surface area contributed by atoms with Crippen LogP contribution >= 0.6 is 23.4 Å². The smallest absolute Gasteiger partial charge is 0.367 e. The predicted octanol–water partition coefficient (Wildman–Crippen LogP) is 5.43. The van der Waals surface area contributed by atoms with E-state index in [1.807, 2.05) is 24.5 Å². The summed E-state index contributed by atoms with van der Waals surface area (Å²) in [5, 5.41) is 2.14. The molecule has 1 fully saturated rings. The highest BCUT2D eigenvalue weighted by Crippen LogP contribution is 2.36. The van der Waals surface area contributed by atoms with E-state index in [9.17, 15) is 18.0 Å². The molecule has 2 aromatic rings. The maximum atomic E-state index is 13.0. The van der Waals surface area contributed by atoms with Crippen molar-refractivity contribution in [2.24, 2.45) is 0 Å². The second-order valence-corrected chi connectivity index (χ2v) is 7.52. The summed E-state index contributed by atoms with van der Waals surface area (Å²) in [5.74, 6) is 0. The number of benzene rings is 2. The molecule has 0 spiro atoms. The Morgan fingerprint density at radius 2 is 1.79 bits per heavy atom. The lowest BCUT2D eigenvalue weighted by molar-refractivity contribution is -0.137. The van der Waals surface area contributed by atoms with Crippen molar-refractivity contribution in [1.29, 1.82) is 0 Å². The van der Waals surface area contributed by atoms with Crippen LogP contribution in [-0.4, -0.2) is 43.4 Å². The van der Waals surface area contributed by atoms with Crippen molar-refractivity contribution < 1.29 is 18.0 Å². The van der Waals surface area contributed by atoms with Crippen molar-refractivity contribution in [3.63, 3.8) is 0 Å². The first-order chi connectivity index (χ1) is 13.3. The molecular weight excluding hydrogens is 411 g/mol. The Bertz CT molecular complexity index is 855. The van der Waals surface area contributed by atoms with Crippen molar-refractivity contribution >= 4 is 40.8 Å². The van der Waals surface area contributed by atoms with Crippen LogP contribution in [0, 0.1) is 0 Å². The number of nitrogens with zero attached hydrogens (tertiary/aromatic N) is 2. The number of urea groups is 1. The average Bonchev–Trinajstić information content (AvgIpc) is 2.68. The lowest BCUT2D eigenvalue weighted by atomic mass is 10.2. The van der Waals surface area contributed by atoms with Gasteiger partial charge in [-0.25, -0.2) is 4.79 Å². The fourth-order valence-electron chi connectivity index (χ4n) is 3.06. The molecule has 1 aliphatic rings. The van der Waals surface area contributed by atoms with Crippen molar-refractivity contribution in [3.8, 4) is 0 Å². The molecule has 0 saturated carbocycles. The summed E-state index contributed by atoms with van der Waals surface area (Å²) >= 11 is 7.28. The second kappa shape index (κ2) is 8.53. The molecule has 4 nitrogen and oxygen atoms in total. The Morgan fingerprint density at radius 3 is 2.43 bits per heavy atom. The molecule has 0 unspecified atom stereocenters. The fourth-order valence-corrected chi connectivity index (χ4v) is 3.91. The van der Waals surface area contributed by atoms with Crippen molar-refractivity contribution in [3.05, 3.63) is 53.1 Å². The van der Waals surface area contributed by atoms with Crippen LogP contribution in [0.15, 0.2) is 47.4 Å². The van der Waals surface area contributed by atoms with Gasteiger partial charge in [-0.05, 0) is 36.6 Å². The third-order valence-electron chi connectivity index (χ3n) is 4.52. The summed E-state index contributed by atoms with van der Waals surface area (Å²) in [7, 11) is 0. The highest BCUT2D eigenvalue weighted by atomic mass is 35.5. The van der Waals surface area contributed by atoms with Crippen LogP contribution in [0.2, 0.25) is 5.02 Å². The molecule has 0 aromatic heterocycles. The molecule has 2 aromatic carbocycles. The molecule has 0 radical (unpaired) electrons.